The first-order valence-electron chi connectivity index (χ1n) is 4.63. The van der Waals surface area contributed by atoms with E-state index < -0.39 is 5.82 Å². The first-order chi connectivity index (χ1) is 6.84. The van der Waals surface area contributed by atoms with Gasteiger partial charge in [-0.25, -0.2) is 14.4 Å². The molecule has 0 saturated carbocycles. The Morgan fingerprint density at radius 1 is 1.47 bits per heavy atom. The molecular formula is C9H13ClFN3O. The molecule has 6 heteroatoms. The third-order valence-corrected chi connectivity index (χ3v) is 2.09. The van der Waals surface area contributed by atoms with Crippen LogP contribution in [0.15, 0.2) is 12.4 Å². The molecule has 1 aromatic rings. The lowest BCUT2D eigenvalue weighted by Gasteiger charge is -2.22. The Balaban J connectivity index is 0.00000112. The molecule has 1 N–H and O–H groups in total. The van der Waals surface area contributed by atoms with Crippen molar-refractivity contribution in [2.75, 3.05) is 19.7 Å². The average molecular weight is 234 g/mol. The molecule has 4 nitrogen and oxygen atoms in total. The fraction of sp³-hybridized carbons (Fsp3) is 0.556. The molecule has 2 heterocycles. The van der Waals surface area contributed by atoms with Crippen LogP contribution >= 0.6 is 12.4 Å². The molecule has 15 heavy (non-hydrogen) atoms. The number of hydrogen-bond acceptors (Lipinski definition) is 4. The number of halogens is 2. The molecule has 2 rings (SSSR count). The van der Waals surface area contributed by atoms with E-state index in [2.05, 4.69) is 15.3 Å². The quantitative estimate of drug-likeness (QED) is 0.811. The van der Waals surface area contributed by atoms with Crippen LogP contribution in [0, 0.1) is 5.82 Å². The second-order valence-corrected chi connectivity index (χ2v) is 3.22. The van der Waals surface area contributed by atoms with Crippen molar-refractivity contribution in [1.29, 1.82) is 0 Å². The first kappa shape index (κ1) is 12.3. The number of nitrogens with one attached hydrogen (secondary N) is 1. The standard InChI is InChI=1S/C9H12FN3O.ClH/c10-7-4-12-9(13-5-7)3-8-6-11-1-2-14-8;/h4-5,8,11H,1-3,6H2;1H/t8-;/m1./s1. The Bertz CT molecular complexity index is 290. The van der Waals surface area contributed by atoms with Gasteiger partial charge in [0.1, 0.15) is 5.82 Å². The van der Waals surface area contributed by atoms with Gasteiger partial charge in [0.25, 0.3) is 0 Å². The summed E-state index contributed by atoms with van der Waals surface area (Å²) < 4.78 is 18.0. The molecule has 0 amide bonds. The van der Waals surface area contributed by atoms with Crippen LogP contribution < -0.4 is 5.32 Å². The summed E-state index contributed by atoms with van der Waals surface area (Å²) in [5, 5.41) is 3.21. The van der Waals surface area contributed by atoms with E-state index in [1.54, 1.807) is 0 Å². The van der Waals surface area contributed by atoms with Crippen molar-refractivity contribution < 1.29 is 9.13 Å². The molecule has 1 aromatic heterocycles. The Kier molecular flexibility index (Phi) is 4.87. The first-order valence-corrected chi connectivity index (χ1v) is 4.63. The summed E-state index contributed by atoms with van der Waals surface area (Å²) in [6, 6.07) is 0. The molecule has 0 aliphatic carbocycles. The number of rotatable bonds is 2. The second-order valence-electron chi connectivity index (χ2n) is 3.22. The lowest BCUT2D eigenvalue weighted by molar-refractivity contribution is 0.0280. The fourth-order valence-electron chi connectivity index (χ4n) is 1.40. The topological polar surface area (TPSA) is 47.0 Å². The SMILES string of the molecule is Cl.Fc1cnc(C[C@@H]2CNCCO2)nc1. The molecule has 1 saturated heterocycles. The van der Waals surface area contributed by atoms with Gasteiger partial charge < -0.3 is 10.1 Å². The molecule has 1 fully saturated rings. The molecule has 1 aliphatic heterocycles. The van der Waals surface area contributed by atoms with Gasteiger partial charge in [-0.05, 0) is 0 Å². The number of ether oxygens (including phenoxy) is 1. The van der Waals surface area contributed by atoms with Crippen LogP contribution in [-0.4, -0.2) is 35.8 Å². The van der Waals surface area contributed by atoms with Crippen molar-refractivity contribution in [3.05, 3.63) is 24.0 Å². The highest BCUT2D eigenvalue weighted by Crippen LogP contribution is 2.03. The van der Waals surface area contributed by atoms with Crippen LogP contribution in [0.4, 0.5) is 4.39 Å². The number of morpholine rings is 1. The molecular weight excluding hydrogens is 221 g/mol. The normalized spacial score (nSPS) is 20.7. The molecule has 0 bridgehead atoms. The highest BCUT2D eigenvalue weighted by atomic mass is 35.5. The van der Waals surface area contributed by atoms with Gasteiger partial charge in [0, 0.05) is 19.5 Å². The van der Waals surface area contributed by atoms with Crippen LogP contribution in [0.1, 0.15) is 5.82 Å². The zero-order valence-corrected chi connectivity index (χ0v) is 8.97. The smallest absolute Gasteiger partial charge is 0.159 e. The number of aromatic nitrogens is 2. The van der Waals surface area contributed by atoms with Gasteiger partial charge >= 0.3 is 0 Å². The molecule has 84 valence electrons. The minimum absolute atomic E-state index is 0. The lowest BCUT2D eigenvalue weighted by Crippen LogP contribution is -2.39. The van der Waals surface area contributed by atoms with Crippen molar-refractivity contribution in [2.45, 2.75) is 12.5 Å². The Morgan fingerprint density at radius 2 is 2.20 bits per heavy atom. The molecule has 0 aromatic carbocycles. The third-order valence-electron chi connectivity index (χ3n) is 2.09. The Morgan fingerprint density at radius 3 is 2.80 bits per heavy atom. The van der Waals surface area contributed by atoms with Gasteiger partial charge in [-0.15, -0.1) is 12.4 Å². The maximum Gasteiger partial charge on any atom is 0.159 e. The van der Waals surface area contributed by atoms with E-state index in [1.807, 2.05) is 0 Å². The van der Waals surface area contributed by atoms with Gasteiger partial charge in [0.15, 0.2) is 5.82 Å². The van der Waals surface area contributed by atoms with Crippen LogP contribution in [-0.2, 0) is 11.2 Å². The Labute approximate surface area is 93.7 Å². The van der Waals surface area contributed by atoms with Gasteiger partial charge in [-0.3, -0.25) is 0 Å². The fourth-order valence-corrected chi connectivity index (χ4v) is 1.40. The minimum atomic E-state index is -0.406. The molecule has 0 spiro atoms. The minimum Gasteiger partial charge on any atom is -0.375 e. The second kappa shape index (κ2) is 5.95. The predicted octanol–water partition coefficient (Wildman–Crippen LogP) is 0.568. The summed E-state index contributed by atoms with van der Waals surface area (Å²) in [5.41, 5.74) is 0. The van der Waals surface area contributed by atoms with Gasteiger partial charge in [-0.2, -0.15) is 0 Å². The summed E-state index contributed by atoms with van der Waals surface area (Å²) in [6.45, 7) is 2.41. The maximum absolute atomic E-state index is 12.5. The highest BCUT2D eigenvalue weighted by Gasteiger charge is 2.14. The molecule has 1 aliphatic rings. The summed E-state index contributed by atoms with van der Waals surface area (Å²) in [4.78, 5) is 7.76. The van der Waals surface area contributed by atoms with E-state index in [0.29, 0.717) is 18.9 Å². The van der Waals surface area contributed by atoms with E-state index in [1.165, 1.54) is 12.4 Å². The summed E-state index contributed by atoms with van der Waals surface area (Å²) in [6.07, 6.45) is 3.10. The lowest BCUT2D eigenvalue weighted by atomic mass is 10.2. The van der Waals surface area contributed by atoms with Crippen LogP contribution in [0.25, 0.3) is 0 Å². The molecule has 1 atom stereocenters. The van der Waals surface area contributed by atoms with E-state index in [9.17, 15) is 4.39 Å². The van der Waals surface area contributed by atoms with Crippen molar-refractivity contribution in [3.63, 3.8) is 0 Å². The maximum atomic E-state index is 12.5. The average Bonchev–Trinajstić information content (AvgIpc) is 2.23. The van der Waals surface area contributed by atoms with E-state index in [4.69, 9.17) is 4.74 Å². The Hall–Kier alpha value is -0.780. The van der Waals surface area contributed by atoms with E-state index >= 15 is 0 Å². The number of nitrogens with zero attached hydrogens (tertiary/aromatic N) is 2. The summed E-state index contributed by atoms with van der Waals surface area (Å²) >= 11 is 0. The number of hydrogen-bond donors (Lipinski definition) is 1. The van der Waals surface area contributed by atoms with E-state index in [-0.39, 0.29) is 18.5 Å². The zero-order chi connectivity index (χ0) is 9.80. The van der Waals surface area contributed by atoms with Crippen LogP contribution in [0.3, 0.4) is 0 Å². The van der Waals surface area contributed by atoms with Gasteiger partial charge in [-0.1, -0.05) is 0 Å². The largest absolute Gasteiger partial charge is 0.375 e. The summed E-state index contributed by atoms with van der Waals surface area (Å²) in [7, 11) is 0. The van der Waals surface area contributed by atoms with Crippen molar-refractivity contribution >= 4 is 12.4 Å². The van der Waals surface area contributed by atoms with Crippen LogP contribution in [0.2, 0.25) is 0 Å². The van der Waals surface area contributed by atoms with Crippen molar-refractivity contribution in [2.24, 2.45) is 0 Å². The highest BCUT2D eigenvalue weighted by molar-refractivity contribution is 5.85. The monoisotopic (exact) mass is 233 g/mol. The van der Waals surface area contributed by atoms with E-state index in [0.717, 1.165) is 13.1 Å². The summed E-state index contributed by atoms with van der Waals surface area (Å²) in [5.74, 6) is 0.219. The predicted molar refractivity (Wildman–Crippen MR) is 55.6 cm³/mol. The van der Waals surface area contributed by atoms with Crippen LogP contribution in [0.5, 0.6) is 0 Å². The third kappa shape index (κ3) is 3.70. The van der Waals surface area contributed by atoms with Gasteiger partial charge in [0.05, 0.1) is 25.1 Å². The van der Waals surface area contributed by atoms with Gasteiger partial charge in [0.2, 0.25) is 0 Å². The zero-order valence-electron chi connectivity index (χ0n) is 8.15. The van der Waals surface area contributed by atoms with Crippen molar-refractivity contribution in [3.8, 4) is 0 Å². The molecule has 0 radical (unpaired) electrons. The molecule has 0 unspecified atom stereocenters. The van der Waals surface area contributed by atoms with Crippen molar-refractivity contribution in [1.82, 2.24) is 15.3 Å².